The normalized spacial score (nSPS) is 53.3. The Morgan fingerprint density at radius 1 is 1.17 bits per heavy atom. The first-order valence-electron chi connectivity index (χ1n) is 10.3. The lowest BCUT2D eigenvalue weighted by Gasteiger charge is -2.61. The second kappa shape index (κ2) is 5.35. The van der Waals surface area contributed by atoms with Gasteiger partial charge in [0.1, 0.15) is 0 Å². The lowest BCUT2D eigenvalue weighted by molar-refractivity contribution is -0.126. The summed E-state index contributed by atoms with van der Waals surface area (Å²) in [6, 6.07) is 0.345. The summed E-state index contributed by atoms with van der Waals surface area (Å²) < 4.78 is 0. The number of fused-ring (bicyclic) bond motifs is 5. The standard InChI is InChI=1S/C22H35NO/c1-13(2)15-6-7-16-20-14(3)12-18-22(5,11-9-19(24)23-18)17(20)8-10-21(15,16)4/h9,11,13-18,20H,6-8,10,12H2,1-5H3,(H,23,24)/t14?,15?,16-,17+,18?,20-,21+,22+/m0/s1. The van der Waals surface area contributed by atoms with Crippen molar-refractivity contribution in [1.29, 1.82) is 0 Å². The number of nitrogens with one attached hydrogen (secondary N) is 1. The van der Waals surface area contributed by atoms with Crippen molar-refractivity contribution in [2.24, 2.45) is 46.3 Å². The van der Waals surface area contributed by atoms with Crippen LogP contribution in [0, 0.1) is 46.3 Å². The van der Waals surface area contributed by atoms with Gasteiger partial charge >= 0.3 is 0 Å². The fourth-order valence-corrected chi connectivity index (χ4v) is 7.82. The van der Waals surface area contributed by atoms with Crippen LogP contribution in [0.25, 0.3) is 0 Å². The van der Waals surface area contributed by atoms with E-state index in [0.29, 0.717) is 11.5 Å². The number of hydrogen-bond donors (Lipinski definition) is 1. The summed E-state index contributed by atoms with van der Waals surface area (Å²) in [6.45, 7) is 12.4. The van der Waals surface area contributed by atoms with E-state index in [-0.39, 0.29) is 11.3 Å². The Bertz CT molecular complexity index is 566. The number of hydrogen-bond acceptors (Lipinski definition) is 1. The van der Waals surface area contributed by atoms with E-state index in [0.717, 1.165) is 41.9 Å². The fraction of sp³-hybridized carbons (Fsp3) is 0.864. The molecule has 4 aliphatic rings. The van der Waals surface area contributed by atoms with Crippen molar-refractivity contribution in [2.45, 2.75) is 72.8 Å². The molecule has 4 rings (SSSR count). The Hall–Kier alpha value is -0.790. The quantitative estimate of drug-likeness (QED) is 0.735. The smallest absolute Gasteiger partial charge is 0.243 e. The molecule has 134 valence electrons. The number of rotatable bonds is 1. The molecule has 3 fully saturated rings. The van der Waals surface area contributed by atoms with Gasteiger partial charge in [0, 0.05) is 11.5 Å². The van der Waals surface area contributed by atoms with E-state index in [9.17, 15) is 4.79 Å². The second-order valence-electron chi connectivity index (χ2n) is 10.2. The molecule has 0 spiro atoms. The van der Waals surface area contributed by atoms with E-state index in [1.54, 1.807) is 0 Å². The Morgan fingerprint density at radius 3 is 2.62 bits per heavy atom. The highest BCUT2D eigenvalue weighted by Crippen LogP contribution is 2.67. The highest BCUT2D eigenvalue weighted by Gasteiger charge is 2.61. The minimum atomic E-state index is 0.115. The van der Waals surface area contributed by atoms with Crippen LogP contribution in [0.2, 0.25) is 0 Å². The van der Waals surface area contributed by atoms with Crippen LogP contribution in [0.3, 0.4) is 0 Å². The van der Waals surface area contributed by atoms with E-state index in [1.165, 1.54) is 25.7 Å². The third-order valence-corrected chi connectivity index (χ3v) is 8.94. The lowest BCUT2D eigenvalue weighted by atomic mass is 9.45. The SMILES string of the molecule is CC(C)C1CC[C@H]2[C@@H]3C(C)CC4NC(=O)C=C[C@]4(C)[C@@H]3CC[C@]12C. The summed E-state index contributed by atoms with van der Waals surface area (Å²) in [5, 5.41) is 3.29. The molecule has 0 aromatic carbocycles. The second-order valence-corrected chi connectivity index (χ2v) is 10.2. The maximum Gasteiger partial charge on any atom is 0.243 e. The van der Waals surface area contributed by atoms with Gasteiger partial charge in [-0.1, -0.05) is 40.7 Å². The van der Waals surface area contributed by atoms with E-state index in [2.05, 4.69) is 46.0 Å². The average molecular weight is 330 g/mol. The van der Waals surface area contributed by atoms with Crippen LogP contribution >= 0.6 is 0 Å². The highest BCUT2D eigenvalue weighted by molar-refractivity contribution is 5.89. The first-order valence-corrected chi connectivity index (χ1v) is 10.3. The molecular formula is C22H35NO. The maximum atomic E-state index is 11.9. The van der Waals surface area contributed by atoms with Gasteiger partial charge in [-0.2, -0.15) is 0 Å². The number of amides is 1. The summed E-state index contributed by atoms with van der Waals surface area (Å²) in [5.74, 6) is 5.04. The molecule has 3 unspecified atom stereocenters. The minimum Gasteiger partial charge on any atom is -0.349 e. The van der Waals surface area contributed by atoms with Crippen LogP contribution in [0.4, 0.5) is 0 Å². The molecule has 8 atom stereocenters. The van der Waals surface area contributed by atoms with E-state index >= 15 is 0 Å². The number of carbonyl (C=O) groups is 1. The van der Waals surface area contributed by atoms with Crippen LogP contribution in [0.5, 0.6) is 0 Å². The molecule has 0 radical (unpaired) electrons. The van der Waals surface area contributed by atoms with Crippen molar-refractivity contribution >= 4 is 5.91 Å². The van der Waals surface area contributed by atoms with Crippen LogP contribution in [0.1, 0.15) is 66.7 Å². The summed E-state index contributed by atoms with van der Waals surface area (Å²) in [5.41, 5.74) is 0.719. The molecule has 1 amide bonds. The van der Waals surface area contributed by atoms with Gasteiger partial charge in [0.05, 0.1) is 0 Å². The molecule has 0 aromatic rings. The highest BCUT2D eigenvalue weighted by atomic mass is 16.1. The summed E-state index contributed by atoms with van der Waals surface area (Å²) in [6.07, 6.45) is 10.8. The van der Waals surface area contributed by atoms with Crippen molar-refractivity contribution in [3.63, 3.8) is 0 Å². The Labute approximate surface area is 147 Å². The third kappa shape index (κ3) is 2.10. The van der Waals surface area contributed by atoms with Gasteiger partial charge in [0.25, 0.3) is 0 Å². The zero-order valence-electron chi connectivity index (χ0n) is 16.1. The minimum absolute atomic E-state index is 0.115. The molecule has 1 aliphatic heterocycles. The summed E-state index contributed by atoms with van der Waals surface area (Å²) in [4.78, 5) is 11.9. The largest absolute Gasteiger partial charge is 0.349 e. The third-order valence-electron chi connectivity index (χ3n) is 8.94. The van der Waals surface area contributed by atoms with Gasteiger partial charge in [-0.3, -0.25) is 4.79 Å². The van der Waals surface area contributed by atoms with Gasteiger partial charge in [-0.05, 0) is 79.1 Å². The topological polar surface area (TPSA) is 29.1 Å². The molecule has 3 aliphatic carbocycles. The van der Waals surface area contributed by atoms with Crippen molar-refractivity contribution < 1.29 is 4.79 Å². The molecular weight excluding hydrogens is 294 g/mol. The Morgan fingerprint density at radius 2 is 1.92 bits per heavy atom. The van der Waals surface area contributed by atoms with Crippen LogP contribution < -0.4 is 5.32 Å². The molecule has 0 bridgehead atoms. The van der Waals surface area contributed by atoms with Crippen LogP contribution in [-0.4, -0.2) is 11.9 Å². The van der Waals surface area contributed by atoms with E-state index in [4.69, 9.17) is 0 Å². The summed E-state index contributed by atoms with van der Waals surface area (Å²) in [7, 11) is 0. The number of carbonyl (C=O) groups excluding carboxylic acids is 1. The zero-order chi connectivity index (χ0) is 17.3. The lowest BCUT2D eigenvalue weighted by Crippen LogP contribution is -2.61. The molecule has 1 heterocycles. The predicted octanol–water partition coefficient (Wildman–Crippen LogP) is 4.80. The Balaban J connectivity index is 1.70. The van der Waals surface area contributed by atoms with Crippen LogP contribution in [-0.2, 0) is 4.79 Å². The molecule has 0 aromatic heterocycles. The molecule has 1 N–H and O–H groups in total. The van der Waals surface area contributed by atoms with Gasteiger partial charge in [-0.25, -0.2) is 0 Å². The predicted molar refractivity (Wildman–Crippen MR) is 98.3 cm³/mol. The molecule has 24 heavy (non-hydrogen) atoms. The van der Waals surface area contributed by atoms with Gasteiger partial charge in [0.15, 0.2) is 0 Å². The fourth-order valence-electron chi connectivity index (χ4n) is 7.82. The van der Waals surface area contributed by atoms with E-state index in [1.807, 2.05) is 6.08 Å². The first kappa shape index (κ1) is 16.7. The average Bonchev–Trinajstić information content (AvgIpc) is 2.86. The molecule has 0 saturated heterocycles. The Kier molecular flexibility index (Phi) is 3.72. The van der Waals surface area contributed by atoms with Crippen molar-refractivity contribution in [1.82, 2.24) is 5.32 Å². The molecule has 2 nitrogen and oxygen atoms in total. The van der Waals surface area contributed by atoms with Crippen molar-refractivity contribution in [2.75, 3.05) is 0 Å². The van der Waals surface area contributed by atoms with Gasteiger partial charge in [0.2, 0.25) is 5.91 Å². The van der Waals surface area contributed by atoms with Crippen molar-refractivity contribution in [3.05, 3.63) is 12.2 Å². The van der Waals surface area contributed by atoms with Crippen molar-refractivity contribution in [3.8, 4) is 0 Å². The maximum absolute atomic E-state index is 11.9. The molecule has 3 saturated carbocycles. The van der Waals surface area contributed by atoms with E-state index < -0.39 is 0 Å². The van der Waals surface area contributed by atoms with Gasteiger partial charge in [-0.15, -0.1) is 0 Å². The van der Waals surface area contributed by atoms with Crippen LogP contribution in [0.15, 0.2) is 12.2 Å². The first-order chi connectivity index (χ1) is 11.3. The monoisotopic (exact) mass is 329 g/mol. The van der Waals surface area contributed by atoms with Gasteiger partial charge < -0.3 is 5.32 Å². The molecule has 2 heteroatoms. The summed E-state index contributed by atoms with van der Waals surface area (Å²) >= 11 is 0. The zero-order valence-corrected chi connectivity index (χ0v) is 16.1.